The number of benzene rings is 1. The van der Waals surface area contributed by atoms with Crippen LogP contribution in [0.15, 0.2) is 46.8 Å². The largest absolute Gasteiger partial charge is 0.462 e. The van der Waals surface area contributed by atoms with Crippen molar-refractivity contribution < 1.29 is 14.3 Å². The van der Waals surface area contributed by atoms with Gasteiger partial charge in [0.1, 0.15) is 4.91 Å². The quantitative estimate of drug-likeness (QED) is 0.803. The van der Waals surface area contributed by atoms with E-state index in [1.807, 2.05) is 30.3 Å². The van der Waals surface area contributed by atoms with Crippen LogP contribution in [0.1, 0.15) is 19.4 Å². The maximum absolute atomic E-state index is 12.1. The highest BCUT2D eigenvalue weighted by Gasteiger charge is 2.26. The number of thioether (sulfide) groups is 1. The van der Waals surface area contributed by atoms with Crippen LogP contribution in [0.4, 0.5) is 0 Å². The van der Waals surface area contributed by atoms with E-state index in [2.05, 4.69) is 0 Å². The Labute approximate surface area is 122 Å². The van der Waals surface area contributed by atoms with Crippen molar-refractivity contribution in [2.75, 3.05) is 6.61 Å². The molecule has 0 N–H and O–H groups in total. The van der Waals surface area contributed by atoms with Gasteiger partial charge in [0.15, 0.2) is 0 Å². The molecule has 104 valence electrons. The Balaban J connectivity index is 2.53. The molecule has 1 heterocycles. The van der Waals surface area contributed by atoms with Crippen LogP contribution in [0.25, 0.3) is 5.70 Å². The summed E-state index contributed by atoms with van der Waals surface area (Å²) in [5.74, 6) is -0.561. The molecular weight excluding hydrogens is 274 g/mol. The van der Waals surface area contributed by atoms with Gasteiger partial charge in [0, 0.05) is 18.7 Å². The normalized spacial score (nSPS) is 14.4. The lowest BCUT2D eigenvalue weighted by Gasteiger charge is -2.26. The Bertz CT molecular complexity index is 578. The van der Waals surface area contributed by atoms with E-state index < -0.39 is 5.97 Å². The van der Waals surface area contributed by atoms with Gasteiger partial charge < -0.3 is 4.74 Å². The summed E-state index contributed by atoms with van der Waals surface area (Å²) in [6.45, 7) is 3.52. The monoisotopic (exact) mass is 289 g/mol. The molecule has 0 unspecified atom stereocenters. The zero-order valence-corrected chi connectivity index (χ0v) is 12.1. The molecule has 2 rings (SSSR count). The fourth-order valence-electron chi connectivity index (χ4n) is 1.87. The van der Waals surface area contributed by atoms with Gasteiger partial charge in [-0.15, -0.1) is 0 Å². The van der Waals surface area contributed by atoms with E-state index in [0.717, 1.165) is 5.56 Å². The van der Waals surface area contributed by atoms with Crippen LogP contribution in [-0.4, -0.2) is 23.4 Å². The second-order valence-corrected chi connectivity index (χ2v) is 4.97. The molecule has 5 heteroatoms. The lowest BCUT2D eigenvalue weighted by atomic mass is 10.1. The molecule has 0 atom stereocenters. The van der Waals surface area contributed by atoms with Gasteiger partial charge in [0.05, 0.1) is 12.3 Å². The summed E-state index contributed by atoms with van der Waals surface area (Å²) < 4.78 is 5.07. The van der Waals surface area contributed by atoms with Gasteiger partial charge in [0.2, 0.25) is 5.91 Å². The standard InChI is InChI=1S/C15H15NO3S/c1-3-19-15(18)14-13(12-7-5-4-6-8-12)16(11(2)17)9-10-20-14/h4-10H,3H2,1-2H3. The SMILES string of the molecule is CCOC(=O)C1=C(c2ccccc2)N(C(C)=O)C=CS1. The number of nitrogens with zero attached hydrogens (tertiary/aromatic N) is 1. The lowest BCUT2D eigenvalue weighted by Crippen LogP contribution is -2.25. The summed E-state index contributed by atoms with van der Waals surface area (Å²) in [4.78, 5) is 25.8. The zero-order valence-electron chi connectivity index (χ0n) is 11.3. The maximum atomic E-state index is 12.1. The Morgan fingerprint density at radius 2 is 1.95 bits per heavy atom. The molecule has 1 aromatic carbocycles. The van der Waals surface area contributed by atoms with Crippen LogP contribution in [-0.2, 0) is 14.3 Å². The van der Waals surface area contributed by atoms with Crippen LogP contribution < -0.4 is 0 Å². The highest BCUT2D eigenvalue weighted by atomic mass is 32.2. The number of ether oxygens (including phenoxy) is 1. The third-order valence-electron chi connectivity index (χ3n) is 2.70. The molecular formula is C15H15NO3S. The summed E-state index contributed by atoms with van der Waals surface area (Å²) >= 11 is 1.27. The molecule has 0 aliphatic carbocycles. The highest BCUT2D eigenvalue weighted by Crippen LogP contribution is 2.35. The fourth-order valence-corrected chi connectivity index (χ4v) is 2.67. The Morgan fingerprint density at radius 1 is 1.25 bits per heavy atom. The second kappa shape index (κ2) is 6.43. The maximum Gasteiger partial charge on any atom is 0.347 e. The molecule has 4 nitrogen and oxygen atoms in total. The molecule has 1 aliphatic rings. The van der Waals surface area contributed by atoms with Crippen molar-refractivity contribution in [3.05, 3.63) is 52.4 Å². The first-order chi connectivity index (χ1) is 9.65. The van der Waals surface area contributed by atoms with E-state index >= 15 is 0 Å². The predicted molar refractivity (Wildman–Crippen MR) is 79.2 cm³/mol. The topological polar surface area (TPSA) is 46.6 Å². The van der Waals surface area contributed by atoms with Crippen molar-refractivity contribution in [2.45, 2.75) is 13.8 Å². The molecule has 1 amide bonds. The first-order valence-corrected chi connectivity index (χ1v) is 7.13. The summed E-state index contributed by atoms with van der Waals surface area (Å²) in [5.41, 5.74) is 1.38. The van der Waals surface area contributed by atoms with Crippen molar-refractivity contribution in [2.24, 2.45) is 0 Å². The van der Waals surface area contributed by atoms with E-state index in [0.29, 0.717) is 17.2 Å². The van der Waals surface area contributed by atoms with Crippen molar-refractivity contribution >= 4 is 29.3 Å². The molecule has 1 aromatic rings. The van der Waals surface area contributed by atoms with Gasteiger partial charge >= 0.3 is 5.97 Å². The van der Waals surface area contributed by atoms with Crippen LogP contribution in [0.2, 0.25) is 0 Å². The van der Waals surface area contributed by atoms with E-state index in [1.54, 1.807) is 18.5 Å². The molecule has 1 aliphatic heterocycles. The van der Waals surface area contributed by atoms with Gasteiger partial charge in [-0.25, -0.2) is 4.79 Å². The summed E-state index contributed by atoms with van der Waals surface area (Å²) in [7, 11) is 0. The number of esters is 1. The molecule has 0 spiro atoms. The van der Waals surface area contributed by atoms with Crippen LogP contribution >= 0.6 is 11.8 Å². The molecule has 0 fully saturated rings. The average Bonchev–Trinajstić information content (AvgIpc) is 2.47. The number of carbonyl (C=O) groups is 2. The van der Waals surface area contributed by atoms with Gasteiger partial charge in [-0.1, -0.05) is 42.1 Å². The minimum absolute atomic E-state index is 0.151. The number of rotatable bonds is 3. The number of amides is 1. The van der Waals surface area contributed by atoms with Crippen molar-refractivity contribution in [3.63, 3.8) is 0 Å². The van der Waals surface area contributed by atoms with E-state index in [9.17, 15) is 9.59 Å². The third-order valence-corrected chi connectivity index (χ3v) is 3.55. The number of hydrogen-bond acceptors (Lipinski definition) is 4. The zero-order chi connectivity index (χ0) is 14.5. The van der Waals surface area contributed by atoms with Crippen molar-refractivity contribution in [3.8, 4) is 0 Å². The fraction of sp³-hybridized carbons (Fsp3) is 0.200. The average molecular weight is 289 g/mol. The molecule has 0 saturated carbocycles. The van der Waals surface area contributed by atoms with E-state index in [-0.39, 0.29) is 5.91 Å². The Kier molecular flexibility index (Phi) is 4.63. The van der Waals surface area contributed by atoms with Gasteiger partial charge in [-0.3, -0.25) is 9.69 Å². The van der Waals surface area contributed by atoms with E-state index in [1.165, 1.54) is 23.6 Å². The van der Waals surface area contributed by atoms with Gasteiger partial charge in [-0.05, 0) is 12.3 Å². The smallest absolute Gasteiger partial charge is 0.347 e. The summed E-state index contributed by atoms with van der Waals surface area (Å²) in [5, 5.41) is 1.71. The first kappa shape index (κ1) is 14.4. The molecule has 0 aromatic heterocycles. The van der Waals surface area contributed by atoms with Crippen LogP contribution in [0.5, 0.6) is 0 Å². The Morgan fingerprint density at radius 3 is 2.55 bits per heavy atom. The molecule has 20 heavy (non-hydrogen) atoms. The highest BCUT2D eigenvalue weighted by molar-refractivity contribution is 8.06. The number of carbonyl (C=O) groups excluding carboxylic acids is 2. The summed E-state index contributed by atoms with van der Waals surface area (Å²) in [6, 6.07) is 9.35. The van der Waals surface area contributed by atoms with E-state index in [4.69, 9.17) is 4.74 Å². The van der Waals surface area contributed by atoms with Gasteiger partial charge in [-0.2, -0.15) is 0 Å². The second-order valence-electron chi connectivity index (χ2n) is 4.06. The molecule has 0 radical (unpaired) electrons. The van der Waals surface area contributed by atoms with Gasteiger partial charge in [0.25, 0.3) is 0 Å². The third kappa shape index (κ3) is 2.93. The Hall–Kier alpha value is -2.01. The van der Waals surface area contributed by atoms with Crippen molar-refractivity contribution in [1.29, 1.82) is 0 Å². The predicted octanol–water partition coefficient (Wildman–Crippen LogP) is 2.98. The number of hydrogen-bond donors (Lipinski definition) is 0. The minimum atomic E-state index is -0.410. The molecule has 0 saturated heterocycles. The lowest BCUT2D eigenvalue weighted by molar-refractivity contribution is -0.137. The first-order valence-electron chi connectivity index (χ1n) is 6.25. The van der Waals surface area contributed by atoms with Crippen LogP contribution in [0, 0.1) is 0 Å². The molecule has 0 bridgehead atoms. The van der Waals surface area contributed by atoms with Crippen LogP contribution in [0.3, 0.4) is 0 Å². The van der Waals surface area contributed by atoms with Crippen molar-refractivity contribution in [1.82, 2.24) is 4.90 Å². The minimum Gasteiger partial charge on any atom is -0.462 e. The summed E-state index contributed by atoms with van der Waals surface area (Å²) in [6.07, 6.45) is 1.66.